The number of anilines is 1. The molecule has 4 nitrogen and oxygen atoms in total. The van der Waals surface area contributed by atoms with E-state index in [9.17, 15) is 4.79 Å². The van der Waals surface area contributed by atoms with Gasteiger partial charge in [-0.05, 0) is 31.2 Å². The van der Waals surface area contributed by atoms with Crippen molar-refractivity contribution in [3.05, 3.63) is 29.3 Å². The van der Waals surface area contributed by atoms with Crippen molar-refractivity contribution in [3.8, 4) is 0 Å². The molecule has 0 aliphatic carbocycles. The number of amides is 1. The molecular weight excluding hydrogens is 322 g/mol. The number of rotatable bonds is 6. The first-order chi connectivity index (χ1) is 10.1. The molecule has 21 heavy (non-hydrogen) atoms. The normalized spacial score (nSPS) is 10.6. The largest absolute Gasteiger partial charge is 0.325 e. The van der Waals surface area contributed by atoms with E-state index in [0.717, 1.165) is 25.7 Å². The van der Waals surface area contributed by atoms with Crippen LogP contribution in [-0.2, 0) is 4.79 Å². The van der Waals surface area contributed by atoms with Gasteiger partial charge in [-0.2, -0.15) is 0 Å². The van der Waals surface area contributed by atoms with Crippen molar-refractivity contribution in [2.45, 2.75) is 29.5 Å². The number of nitrogens with one attached hydrogen (secondary N) is 1. The minimum absolute atomic E-state index is 0.0214. The summed E-state index contributed by atoms with van der Waals surface area (Å²) in [5.74, 6) is 1.30. The number of aromatic nitrogens is 2. The molecule has 0 radical (unpaired) electrons. The highest BCUT2D eigenvalue weighted by Crippen LogP contribution is 2.28. The number of benzene rings is 1. The maximum Gasteiger partial charge on any atom is 0.234 e. The molecular formula is C14H17N3OS3. The fourth-order valence-electron chi connectivity index (χ4n) is 1.70. The molecule has 0 aliphatic heterocycles. The van der Waals surface area contributed by atoms with Gasteiger partial charge in [0.25, 0.3) is 0 Å². The first kappa shape index (κ1) is 16.3. The Morgan fingerprint density at radius 1 is 1.24 bits per heavy atom. The van der Waals surface area contributed by atoms with E-state index in [4.69, 9.17) is 0 Å². The second kappa shape index (κ2) is 7.82. The molecule has 112 valence electrons. The average molecular weight is 340 g/mol. The molecule has 1 N–H and O–H groups in total. The van der Waals surface area contributed by atoms with Crippen molar-refractivity contribution in [2.24, 2.45) is 0 Å². The van der Waals surface area contributed by atoms with Gasteiger partial charge in [-0.15, -0.1) is 10.2 Å². The van der Waals surface area contributed by atoms with Gasteiger partial charge in [0, 0.05) is 5.69 Å². The Morgan fingerprint density at radius 3 is 2.62 bits per heavy atom. The maximum atomic E-state index is 12.0. The zero-order valence-corrected chi connectivity index (χ0v) is 14.6. The predicted molar refractivity (Wildman–Crippen MR) is 91.6 cm³/mol. The molecule has 0 unspecified atom stereocenters. The maximum absolute atomic E-state index is 12.0. The highest BCUT2D eigenvalue weighted by molar-refractivity contribution is 8.03. The summed E-state index contributed by atoms with van der Waals surface area (Å²) in [5.41, 5.74) is 3.13. The van der Waals surface area contributed by atoms with E-state index < -0.39 is 0 Å². The Morgan fingerprint density at radius 2 is 1.95 bits per heavy atom. The first-order valence-electron chi connectivity index (χ1n) is 6.54. The van der Waals surface area contributed by atoms with Crippen LogP contribution in [0.1, 0.15) is 18.1 Å². The van der Waals surface area contributed by atoms with E-state index >= 15 is 0 Å². The van der Waals surface area contributed by atoms with E-state index in [1.807, 2.05) is 26.0 Å². The third-order valence-corrected chi connectivity index (χ3v) is 5.71. The van der Waals surface area contributed by atoms with Gasteiger partial charge in [-0.3, -0.25) is 4.79 Å². The van der Waals surface area contributed by atoms with E-state index in [2.05, 4.69) is 28.5 Å². The molecule has 0 atom stereocenters. The second-order valence-corrected chi connectivity index (χ2v) is 8.13. The molecule has 7 heteroatoms. The van der Waals surface area contributed by atoms with E-state index in [1.165, 1.54) is 28.7 Å². The van der Waals surface area contributed by atoms with Crippen LogP contribution in [0.25, 0.3) is 0 Å². The fraction of sp³-hybridized carbons (Fsp3) is 0.357. The van der Waals surface area contributed by atoms with Crippen LogP contribution in [0.15, 0.2) is 26.9 Å². The van der Waals surface area contributed by atoms with Crippen LogP contribution in [0, 0.1) is 13.8 Å². The van der Waals surface area contributed by atoms with Gasteiger partial charge in [0.15, 0.2) is 8.68 Å². The van der Waals surface area contributed by atoms with Crippen LogP contribution < -0.4 is 5.32 Å². The summed E-state index contributed by atoms with van der Waals surface area (Å²) in [6.07, 6.45) is 0. The van der Waals surface area contributed by atoms with Crippen molar-refractivity contribution in [2.75, 3.05) is 16.8 Å². The predicted octanol–water partition coefficient (Wildman–Crippen LogP) is 4.00. The van der Waals surface area contributed by atoms with Crippen LogP contribution in [0.2, 0.25) is 0 Å². The van der Waals surface area contributed by atoms with Gasteiger partial charge in [0.05, 0.1) is 5.75 Å². The quantitative estimate of drug-likeness (QED) is 0.806. The van der Waals surface area contributed by atoms with Gasteiger partial charge in [0.1, 0.15) is 0 Å². The highest BCUT2D eigenvalue weighted by atomic mass is 32.2. The Balaban J connectivity index is 1.86. The summed E-state index contributed by atoms with van der Waals surface area (Å²) in [4.78, 5) is 12.0. The number of hydrogen-bond acceptors (Lipinski definition) is 6. The van der Waals surface area contributed by atoms with Crippen molar-refractivity contribution >= 4 is 46.5 Å². The number of hydrogen-bond donors (Lipinski definition) is 1. The van der Waals surface area contributed by atoms with Crippen molar-refractivity contribution < 1.29 is 4.79 Å². The molecule has 0 spiro atoms. The van der Waals surface area contributed by atoms with E-state index in [-0.39, 0.29) is 5.91 Å². The fourth-order valence-corrected chi connectivity index (χ4v) is 4.42. The average Bonchev–Trinajstić information content (AvgIpc) is 2.88. The molecule has 0 fully saturated rings. The summed E-state index contributed by atoms with van der Waals surface area (Å²) in [5, 5.41) is 11.1. The molecule has 1 heterocycles. The standard InChI is InChI=1S/C14H17N3OS3/c1-4-19-13-16-17-14(21-13)20-8-12(18)15-11-6-5-9(2)7-10(11)3/h5-7H,4,8H2,1-3H3,(H,15,18). The molecule has 1 aromatic carbocycles. The van der Waals surface area contributed by atoms with Crippen LogP contribution in [0.5, 0.6) is 0 Å². The van der Waals surface area contributed by atoms with Crippen molar-refractivity contribution in [1.29, 1.82) is 0 Å². The lowest BCUT2D eigenvalue weighted by atomic mass is 10.1. The summed E-state index contributed by atoms with van der Waals surface area (Å²) in [6, 6.07) is 5.99. The highest BCUT2D eigenvalue weighted by Gasteiger charge is 2.09. The molecule has 1 amide bonds. The van der Waals surface area contributed by atoms with Gasteiger partial charge in [-0.25, -0.2) is 0 Å². The Labute approximate surface area is 137 Å². The third-order valence-electron chi connectivity index (χ3n) is 2.64. The summed E-state index contributed by atoms with van der Waals surface area (Å²) >= 11 is 4.62. The van der Waals surface area contributed by atoms with Crippen molar-refractivity contribution in [3.63, 3.8) is 0 Å². The van der Waals surface area contributed by atoms with Crippen LogP contribution in [-0.4, -0.2) is 27.6 Å². The molecule has 1 aromatic heterocycles. The number of thioether (sulfide) groups is 2. The molecule has 0 saturated carbocycles. The molecule has 0 bridgehead atoms. The Hall–Kier alpha value is -1.05. The zero-order valence-electron chi connectivity index (χ0n) is 12.2. The van der Waals surface area contributed by atoms with Crippen molar-refractivity contribution in [1.82, 2.24) is 10.2 Å². The third kappa shape index (κ3) is 5.01. The second-order valence-electron chi connectivity index (χ2n) is 4.42. The monoisotopic (exact) mass is 339 g/mol. The smallest absolute Gasteiger partial charge is 0.234 e. The lowest BCUT2D eigenvalue weighted by Crippen LogP contribution is -2.14. The van der Waals surface area contributed by atoms with E-state index in [1.54, 1.807) is 11.8 Å². The Kier molecular flexibility index (Phi) is 6.08. The lowest BCUT2D eigenvalue weighted by molar-refractivity contribution is -0.113. The Bertz CT molecular complexity index is 628. The van der Waals surface area contributed by atoms with E-state index in [0.29, 0.717) is 5.75 Å². The minimum Gasteiger partial charge on any atom is -0.325 e. The number of carbonyl (C=O) groups excluding carboxylic acids is 1. The first-order valence-corrected chi connectivity index (χ1v) is 9.33. The SMILES string of the molecule is CCSc1nnc(SCC(=O)Nc2ccc(C)cc2C)s1. The molecule has 0 saturated heterocycles. The lowest BCUT2D eigenvalue weighted by Gasteiger charge is -2.08. The zero-order chi connectivity index (χ0) is 15.2. The summed E-state index contributed by atoms with van der Waals surface area (Å²) < 4.78 is 1.79. The van der Waals surface area contributed by atoms with Gasteiger partial charge < -0.3 is 5.32 Å². The molecule has 0 aliphatic rings. The van der Waals surface area contributed by atoms with Crippen LogP contribution >= 0.6 is 34.9 Å². The molecule has 2 rings (SSSR count). The van der Waals surface area contributed by atoms with Gasteiger partial charge >= 0.3 is 0 Å². The van der Waals surface area contributed by atoms with Gasteiger partial charge in [-0.1, -0.05) is 59.5 Å². The van der Waals surface area contributed by atoms with Crippen LogP contribution in [0.3, 0.4) is 0 Å². The van der Waals surface area contributed by atoms with Crippen LogP contribution in [0.4, 0.5) is 5.69 Å². The topological polar surface area (TPSA) is 54.9 Å². The summed E-state index contributed by atoms with van der Waals surface area (Å²) in [6.45, 7) is 6.11. The minimum atomic E-state index is -0.0214. The number of aryl methyl sites for hydroxylation is 2. The summed E-state index contributed by atoms with van der Waals surface area (Å²) in [7, 11) is 0. The number of carbonyl (C=O) groups is 1. The van der Waals surface area contributed by atoms with Gasteiger partial charge in [0.2, 0.25) is 5.91 Å². The number of nitrogens with zero attached hydrogens (tertiary/aromatic N) is 2. The molecule has 2 aromatic rings.